The van der Waals surface area contributed by atoms with Crippen molar-refractivity contribution >= 4 is 15.9 Å². The molecule has 0 aliphatic heterocycles. The number of rotatable bonds is 7. The highest BCUT2D eigenvalue weighted by atomic mass is 79.9. The van der Waals surface area contributed by atoms with Gasteiger partial charge >= 0.3 is 0 Å². The van der Waals surface area contributed by atoms with Crippen molar-refractivity contribution in [3.05, 3.63) is 40.5 Å². The molecule has 2 rings (SSSR count). The van der Waals surface area contributed by atoms with E-state index in [0.29, 0.717) is 13.2 Å². The molecular formula is C13H18BrN3O2. The molecular weight excluding hydrogens is 310 g/mol. The van der Waals surface area contributed by atoms with Gasteiger partial charge in [-0.2, -0.15) is 5.10 Å². The second-order valence-electron chi connectivity index (χ2n) is 4.10. The van der Waals surface area contributed by atoms with Crippen LogP contribution in [0.2, 0.25) is 0 Å². The Morgan fingerprint density at radius 3 is 3.05 bits per heavy atom. The summed E-state index contributed by atoms with van der Waals surface area (Å²) in [5.41, 5.74) is 1.05. The monoisotopic (exact) mass is 327 g/mol. The van der Waals surface area contributed by atoms with Crippen LogP contribution in [0, 0.1) is 0 Å². The number of hydrogen-bond donors (Lipinski definition) is 1. The number of hydrogen-bond acceptors (Lipinski definition) is 4. The third-order valence-corrected chi connectivity index (χ3v) is 3.46. The van der Waals surface area contributed by atoms with Crippen LogP contribution >= 0.6 is 15.9 Å². The molecule has 2 aromatic rings. The number of ether oxygens (including phenoxy) is 1. The maximum absolute atomic E-state index is 5.53. The van der Waals surface area contributed by atoms with Gasteiger partial charge in [0, 0.05) is 7.11 Å². The van der Waals surface area contributed by atoms with Gasteiger partial charge in [0.25, 0.3) is 0 Å². The summed E-state index contributed by atoms with van der Waals surface area (Å²) in [5.74, 6) is 0.877. The van der Waals surface area contributed by atoms with Crippen molar-refractivity contribution in [1.29, 1.82) is 0 Å². The second-order valence-corrected chi connectivity index (χ2v) is 4.95. The Kier molecular flexibility index (Phi) is 5.18. The molecule has 0 amide bonds. The minimum absolute atomic E-state index is 0.0197. The summed E-state index contributed by atoms with van der Waals surface area (Å²) >= 11 is 3.56. The van der Waals surface area contributed by atoms with Gasteiger partial charge < -0.3 is 14.5 Å². The smallest absolute Gasteiger partial charge is 0.126 e. The average Bonchev–Trinajstić information content (AvgIpc) is 3.04. The van der Waals surface area contributed by atoms with Crippen molar-refractivity contribution in [3.8, 4) is 0 Å². The van der Waals surface area contributed by atoms with E-state index in [2.05, 4.69) is 33.3 Å². The summed E-state index contributed by atoms with van der Waals surface area (Å²) in [6, 6.07) is 3.84. The predicted octanol–water partition coefficient (Wildman–Crippen LogP) is 2.58. The second kappa shape index (κ2) is 6.88. The molecule has 19 heavy (non-hydrogen) atoms. The molecule has 0 aliphatic rings. The Morgan fingerprint density at radius 2 is 2.42 bits per heavy atom. The van der Waals surface area contributed by atoms with Crippen molar-refractivity contribution in [3.63, 3.8) is 0 Å². The zero-order valence-electron chi connectivity index (χ0n) is 11.1. The topological polar surface area (TPSA) is 52.2 Å². The van der Waals surface area contributed by atoms with Crippen LogP contribution in [0.5, 0.6) is 0 Å². The molecule has 0 radical (unpaired) electrons. The largest absolute Gasteiger partial charge is 0.467 e. The fraction of sp³-hybridized carbons (Fsp3) is 0.462. The number of nitrogens with one attached hydrogen (secondary N) is 1. The Balaban J connectivity index is 2.33. The van der Waals surface area contributed by atoms with Gasteiger partial charge in [-0.1, -0.05) is 6.92 Å². The van der Waals surface area contributed by atoms with E-state index in [9.17, 15) is 0 Å². The molecule has 0 fully saturated rings. The molecule has 1 unspecified atom stereocenters. The third-order valence-electron chi connectivity index (χ3n) is 2.85. The van der Waals surface area contributed by atoms with Gasteiger partial charge in [-0.3, -0.25) is 4.68 Å². The summed E-state index contributed by atoms with van der Waals surface area (Å²) in [4.78, 5) is 0. The van der Waals surface area contributed by atoms with Crippen LogP contribution in [0.4, 0.5) is 0 Å². The van der Waals surface area contributed by atoms with Crippen molar-refractivity contribution in [1.82, 2.24) is 15.1 Å². The Morgan fingerprint density at radius 1 is 1.58 bits per heavy atom. The highest BCUT2D eigenvalue weighted by Gasteiger charge is 2.23. The van der Waals surface area contributed by atoms with Crippen molar-refractivity contribution in [2.45, 2.75) is 19.5 Å². The molecule has 1 atom stereocenters. The lowest BCUT2D eigenvalue weighted by molar-refractivity contribution is 0.181. The van der Waals surface area contributed by atoms with Crippen LogP contribution in [0.3, 0.4) is 0 Å². The lowest BCUT2D eigenvalue weighted by Crippen LogP contribution is -2.25. The zero-order valence-corrected chi connectivity index (χ0v) is 12.7. The molecule has 1 N–H and O–H groups in total. The first-order valence-corrected chi connectivity index (χ1v) is 7.04. The molecule has 0 spiro atoms. The van der Waals surface area contributed by atoms with Crippen LogP contribution in [-0.2, 0) is 11.3 Å². The standard InChI is InChI=1S/C13H18BrN3O2/c1-3-15-12(11-5-4-7-19-11)13-10(14)9-16-17(13)6-8-18-2/h4-5,7,9,12,15H,3,6,8H2,1-2H3. The van der Waals surface area contributed by atoms with Gasteiger partial charge in [-0.25, -0.2) is 0 Å². The van der Waals surface area contributed by atoms with Gasteiger partial charge in [0.1, 0.15) is 11.8 Å². The van der Waals surface area contributed by atoms with Gasteiger partial charge in [0.2, 0.25) is 0 Å². The molecule has 2 heterocycles. The third kappa shape index (κ3) is 3.26. The summed E-state index contributed by atoms with van der Waals surface area (Å²) in [6.45, 7) is 4.24. The highest BCUT2D eigenvalue weighted by Crippen LogP contribution is 2.28. The lowest BCUT2D eigenvalue weighted by atomic mass is 10.1. The van der Waals surface area contributed by atoms with E-state index in [-0.39, 0.29) is 6.04 Å². The number of methoxy groups -OCH3 is 1. The van der Waals surface area contributed by atoms with Crippen LogP contribution in [-0.4, -0.2) is 30.0 Å². The molecule has 0 saturated heterocycles. The van der Waals surface area contributed by atoms with Gasteiger partial charge in [-0.05, 0) is 34.6 Å². The molecule has 0 saturated carbocycles. The van der Waals surface area contributed by atoms with E-state index in [1.165, 1.54) is 0 Å². The molecule has 104 valence electrons. The summed E-state index contributed by atoms with van der Waals surface area (Å²) in [7, 11) is 1.69. The quantitative estimate of drug-likeness (QED) is 0.849. The fourth-order valence-corrected chi connectivity index (χ4v) is 2.53. The zero-order chi connectivity index (χ0) is 13.7. The summed E-state index contributed by atoms with van der Waals surface area (Å²) in [6.07, 6.45) is 3.49. The Hall–Kier alpha value is -1.11. The predicted molar refractivity (Wildman–Crippen MR) is 76.0 cm³/mol. The van der Waals surface area contributed by atoms with E-state index < -0.39 is 0 Å². The highest BCUT2D eigenvalue weighted by molar-refractivity contribution is 9.10. The average molecular weight is 328 g/mol. The minimum Gasteiger partial charge on any atom is -0.467 e. The maximum Gasteiger partial charge on any atom is 0.126 e. The maximum atomic E-state index is 5.53. The molecule has 2 aromatic heterocycles. The molecule has 0 bridgehead atoms. The van der Waals surface area contributed by atoms with Gasteiger partial charge in [-0.15, -0.1) is 0 Å². The number of halogens is 1. The summed E-state index contributed by atoms with van der Waals surface area (Å²) in [5, 5.41) is 7.79. The first-order valence-electron chi connectivity index (χ1n) is 6.24. The number of aromatic nitrogens is 2. The van der Waals surface area contributed by atoms with Crippen molar-refractivity contribution in [2.75, 3.05) is 20.3 Å². The van der Waals surface area contributed by atoms with Crippen molar-refractivity contribution in [2.24, 2.45) is 0 Å². The van der Waals surface area contributed by atoms with Crippen molar-refractivity contribution < 1.29 is 9.15 Å². The fourth-order valence-electron chi connectivity index (χ4n) is 2.01. The van der Waals surface area contributed by atoms with E-state index in [1.807, 2.05) is 16.8 Å². The minimum atomic E-state index is -0.0197. The normalized spacial score (nSPS) is 12.8. The van der Waals surface area contributed by atoms with E-state index in [4.69, 9.17) is 9.15 Å². The van der Waals surface area contributed by atoms with Crippen LogP contribution in [0.15, 0.2) is 33.5 Å². The van der Waals surface area contributed by atoms with Crippen LogP contribution in [0.1, 0.15) is 24.4 Å². The lowest BCUT2D eigenvalue weighted by Gasteiger charge is -2.18. The molecule has 0 aliphatic carbocycles. The van der Waals surface area contributed by atoms with Crippen LogP contribution < -0.4 is 5.32 Å². The molecule has 6 heteroatoms. The van der Waals surface area contributed by atoms with Crippen LogP contribution in [0.25, 0.3) is 0 Å². The Labute approximate surface area is 121 Å². The van der Waals surface area contributed by atoms with E-state index >= 15 is 0 Å². The van der Waals surface area contributed by atoms with Gasteiger partial charge in [0.15, 0.2) is 0 Å². The summed E-state index contributed by atoms with van der Waals surface area (Å²) < 4.78 is 13.5. The van der Waals surface area contributed by atoms with E-state index in [0.717, 1.165) is 22.5 Å². The number of furan rings is 1. The van der Waals surface area contributed by atoms with Gasteiger partial charge in [0.05, 0.1) is 35.8 Å². The first kappa shape index (κ1) is 14.3. The molecule has 5 nitrogen and oxygen atoms in total. The molecule has 0 aromatic carbocycles. The van der Waals surface area contributed by atoms with E-state index in [1.54, 1.807) is 19.6 Å². The number of nitrogens with zero attached hydrogens (tertiary/aromatic N) is 2. The Bertz CT molecular complexity index is 496. The first-order chi connectivity index (χ1) is 9.27. The SMILES string of the molecule is CCNC(c1ccco1)c1c(Br)cnn1CCOC.